The lowest BCUT2D eigenvalue weighted by molar-refractivity contribution is 0.0946. The van der Waals surface area contributed by atoms with Gasteiger partial charge in [0.1, 0.15) is 0 Å². The highest BCUT2D eigenvalue weighted by atomic mass is 31.2. The van der Waals surface area contributed by atoms with Gasteiger partial charge in [0.2, 0.25) is 0 Å². The summed E-state index contributed by atoms with van der Waals surface area (Å²) < 4.78 is 16.3. The van der Waals surface area contributed by atoms with Crippen LogP contribution in [0.1, 0.15) is 30.0 Å². The number of rotatable bonds is 8. The minimum atomic E-state index is -3.75. The second kappa shape index (κ2) is 7.70. The number of aromatic amines is 1. The first-order chi connectivity index (χ1) is 11.0. The number of aromatic nitrogens is 2. The van der Waals surface area contributed by atoms with Crippen molar-refractivity contribution >= 4 is 24.7 Å². The van der Waals surface area contributed by atoms with Gasteiger partial charge in [-0.15, -0.1) is 0 Å². The normalized spacial score (nSPS) is 13.9. The molecule has 2 aromatic rings. The van der Waals surface area contributed by atoms with Gasteiger partial charge < -0.3 is 15.2 Å². The molecule has 9 heteroatoms. The quantitative estimate of drug-likeness (QED) is 0.542. The number of imidazole rings is 1. The maximum atomic E-state index is 11.8. The number of nitrogens with zero attached hydrogens (tertiary/aromatic N) is 1. The van der Waals surface area contributed by atoms with Gasteiger partial charge in [0.25, 0.3) is 5.91 Å². The number of H-pyrrole nitrogens is 1. The van der Waals surface area contributed by atoms with E-state index in [1.54, 1.807) is 6.92 Å². The zero-order chi connectivity index (χ0) is 16.9. The van der Waals surface area contributed by atoms with Gasteiger partial charge in [-0.25, -0.2) is 14.6 Å². The van der Waals surface area contributed by atoms with Crippen molar-refractivity contribution in [2.45, 2.75) is 20.3 Å². The Bertz CT molecular complexity index is 731. The molecule has 8 nitrogen and oxygen atoms in total. The molecule has 23 heavy (non-hydrogen) atoms. The molecule has 0 aliphatic rings. The second-order valence-corrected chi connectivity index (χ2v) is 6.47. The molecule has 1 aromatic heterocycles. The minimum absolute atomic E-state index is 0.158. The Kier molecular flexibility index (Phi) is 5.90. The summed E-state index contributed by atoms with van der Waals surface area (Å²) in [5.74, 6) is -0.00612. The molecule has 0 bridgehead atoms. The van der Waals surface area contributed by atoms with Crippen LogP contribution in [0.3, 0.4) is 0 Å². The van der Waals surface area contributed by atoms with E-state index in [1.165, 1.54) is 0 Å². The van der Waals surface area contributed by atoms with E-state index in [0.717, 1.165) is 11.1 Å². The fourth-order valence-corrected chi connectivity index (χ4v) is 3.03. The van der Waals surface area contributed by atoms with E-state index in [-0.39, 0.29) is 24.9 Å². The van der Waals surface area contributed by atoms with Crippen molar-refractivity contribution in [3.63, 3.8) is 0 Å². The van der Waals surface area contributed by atoms with Crippen molar-refractivity contribution in [1.82, 2.24) is 20.4 Å². The smallest absolute Gasteiger partial charge is 0.350 e. The molecule has 0 radical (unpaired) electrons. The Labute approximate surface area is 134 Å². The molecule has 0 saturated carbocycles. The number of hydrogen-bond donors (Lipinski definition) is 4. The van der Waals surface area contributed by atoms with Crippen molar-refractivity contribution in [1.29, 1.82) is 0 Å². The maximum absolute atomic E-state index is 11.8. The molecular weight excluding hydrogens is 319 g/mol. The Morgan fingerprint density at radius 3 is 2.91 bits per heavy atom. The van der Waals surface area contributed by atoms with E-state index < -0.39 is 7.75 Å². The Morgan fingerprint density at radius 2 is 2.22 bits per heavy atom. The summed E-state index contributed by atoms with van der Waals surface area (Å²) in [6, 6.07) is 5.55. The minimum Gasteiger partial charge on any atom is -0.350 e. The second-order valence-electron chi connectivity index (χ2n) is 4.85. The first-order valence-corrected chi connectivity index (χ1v) is 9.03. The van der Waals surface area contributed by atoms with E-state index in [1.807, 2.05) is 25.1 Å². The molecule has 0 spiro atoms. The lowest BCUT2D eigenvalue weighted by atomic mass is 10.1. The van der Waals surface area contributed by atoms with E-state index in [0.29, 0.717) is 18.5 Å². The predicted octanol–water partition coefficient (Wildman–Crippen LogP) is 1.58. The van der Waals surface area contributed by atoms with Crippen LogP contribution in [0.25, 0.3) is 11.0 Å². The van der Waals surface area contributed by atoms with Crippen LogP contribution >= 0.6 is 7.75 Å². The third-order valence-electron chi connectivity index (χ3n) is 3.16. The molecule has 0 aliphatic carbocycles. The molecule has 1 heterocycles. The van der Waals surface area contributed by atoms with E-state index in [9.17, 15) is 14.3 Å². The third-order valence-corrected chi connectivity index (χ3v) is 4.39. The predicted molar refractivity (Wildman–Crippen MR) is 87.3 cm³/mol. The largest absolute Gasteiger partial charge is 0.402 e. The summed E-state index contributed by atoms with van der Waals surface area (Å²) in [4.78, 5) is 28.6. The highest BCUT2D eigenvalue weighted by molar-refractivity contribution is 7.50. The number of carbonyl (C=O) groups excluding carboxylic acids is 1. The summed E-state index contributed by atoms with van der Waals surface area (Å²) in [7, 11) is -3.75. The first kappa shape index (κ1) is 17.6. The summed E-state index contributed by atoms with van der Waals surface area (Å²) >= 11 is 0. The number of amides is 1. The molecule has 0 saturated heterocycles. The Morgan fingerprint density at radius 1 is 1.43 bits per heavy atom. The van der Waals surface area contributed by atoms with Gasteiger partial charge in [0, 0.05) is 13.1 Å². The summed E-state index contributed by atoms with van der Waals surface area (Å²) in [5, 5.41) is 5.18. The van der Waals surface area contributed by atoms with Crippen LogP contribution in [0.4, 0.5) is 0 Å². The zero-order valence-corrected chi connectivity index (χ0v) is 14.0. The zero-order valence-electron chi connectivity index (χ0n) is 13.1. The Hall–Kier alpha value is -1.73. The number of carbonyl (C=O) groups is 1. The van der Waals surface area contributed by atoms with Crippen LogP contribution in [0.15, 0.2) is 18.2 Å². The topological polar surface area (TPSA) is 116 Å². The SMILES string of the molecule is CCNC(=O)c1nc2c(CCNP(=O)(O)OCC)cccc2[nH]1. The van der Waals surface area contributed by atoms with Crippen LogP contribution < -0.4 is 10.4 Å². The van der Waals surface area contributed by atoms with Crippen molar-refractivity contribution in [3.8, 4) is 0 Å². The van der Waals surface area contributed by atoms with E-state index >= 15 is 0 Å². The fourth-order valence-electron chi connectivity index (χ4n) is 2.20. The van der Waals surface area contributed by atoms with Gasteiger partial charge in [-0.05, 0) is 31.9 Å². The van der Waals surface area contributed by atoms with Gasteiger partial charge in [0.15, 0.2) is 5.82 Å². The van der Waals surface area contributed by atoms with Gasteiger partial charge in [-0.3, -0.25) is 9.32 Å². The van der Waals surface area contributed by atoms with Crippen LogP contribution in [-0.4, -0.2) is 40.5 Å². The highest BCUT2D eigenvalue weighted by Crippen LogP contribution is 2.36. The standard InChI is InChI=1S/C14H21N4O4P/c1-3-15-14(19)13-17-11-7-5-6-10(12(11)18-13)8-9-16-23(20,21)22-4-2/h5-7H,3-4,8-9H2,1-2H3,(H,15,19)(H,17,18)(H2,16,20,21). The molecular formula is C14H21N4O4P. The third kappa shape index (κ3) is 4.62. The number of para-hydroxylation sites is 1. The first-order valence-electron chi connectivity index (χ1n) is 7.45. The number of fused-ring (bicyclic) bond motifs is 1. The molecule has 0 aliphatic heterocycles. The van der Waals surface area contributed by atoms with E-state index in [2.05, 4.69) is 20.4 Å². The van der Waals surface area contributed by atoms with E-state index in [4.69, 9.17) is 4.52 Å². The van der Waals surface area contributed by atoms with Crippen LogP contribution in [0.5, 0.6) is 0 Å². The van der Waals surface area contributed by atoms with Gasteiger partial charge >= 0.3 is 7.75 Å². The lowest BCUT2D eigenvalue weighted by Gasteiger charge is -2.11. The Balaban J connectivity index is 2.12. The number of hydrogen-bond acceptors (Lipinski definition) is 4. The van der Waals surface area contributed by atoms with Crippen molar-refractivity contribution in [2.75, 3.05) is 19.7 Å². The maximum Gasteiger partial charge on any atom is 0.402 e. The highest BCUT2D eigenvalue weighted by Gasteiger charge is 2.17. The van der Waals surface area contributed by atoms with Crippen molar-refractivity contribution < 1.29 is 18.8 Å². The fraction of sp³-hybridized carbons (Fsp3) is 0.429. The molecule has 0 fully saturated rings. The average molecular weight is 340 g/mol. The molecule has 4 N–H and O–H groups in total. The van der Waals surface area contributed by atoms with Gasteiger partial charge in [0.05, 0.1) is 17.6 Å². The van der Waals surface area contributed by atoms with Gasteiger partial charge in [-0.1, -0.05) is 12.1 Å². The van der Waals surface area contributed by atoms with Gasteiger partial charge in [-0.2, -0.15) is 0 Å². The molecule has 1 amide bonds. The molecule has 2 rings (SSSR count). The average Bonchev–Trinajstić information content (AvgIpc) is 2.92. The van der Waals surface area contributed by atoms with Crippen LogP contribution in [0.2, 0.25) is 0 Å². The number of benzene rings is 1. The molecule has 1 unspecified atom stereocenters. The monoisotopic (exact) mass is 340 g/mol. The molecule has 126 valence electrons. The van der Waals surface area contributed by atoms with Crippen LogP contribution in [0, 0.1) is 0 Å². The molecule has 1 atom stereocenters. The lowest BCUT2D eigenvalue weighted by Crippen LogP contribution is -2.23. The van der Waals surface area contributed by atoms with Crippen molar-refractivity contribution in [2.24, 2.45) is 0 Å². The molecule has 1 aromatic carbocycles. The van der Waals surface area contributed by atoms with Crippen molar-refractivity contribution in [3.05, 3.63) is 29.6 Å². The summed E-state index contributed by atoms with van der Waals surface area (Å²) in [5.41, 5.74) is 2.30. The number of nitrogens with one attached hydrogen (secondary N) is 3. The summed E-state index contributed by atoms with van der Waals surface area (Å²) in [6.45, 7) is 4.43. The summed E-state index contributed by atoms with van der Waals surface area (Å²) in [6.07, 6.45) is 0.481. The van der Waals surface area contributed by atoms with Crippen LogP contribution in [-0.2, 0) is 15.5 Å².